The summed E-state index contributed by atoms with van der Waals surface area (Å²) in [5.74, 6) is 0.971. The average molecular weight is 302 g/mol. The molecule has 0 fully saturated rings. The van der Waals surface area contributed by atoms with Crippen LogP contribution in [0.5, 0.6) is 0 Å². The molecule has 0 aliphatic carbocycles. The van der Waals surface area contributed by atoms with Crippen LogP contribution in [0.3, 0.4) is 0 Å². The van der Waals surface area contributed by atoms with Crippen LogP contribution in [-0.4, -0.2) is 31.5 Å². The van der Waals surface area contributed by atoms with Gasteiger partial charge in [-0.3, -0.25) is 4.99 Å². The Hall–Kier alpha value is -1.84. The van der Waals surface area contributed by atoms with Crippen molar-refractivity contribution in [1.82, 2.24) is 5.32 Å². The second-order valence-corrected chi connectivity index (χ2v) is 5.63. The summed E-state index contributed by atoms with van der Waals surface area (Å²) < 4.78 is 5.26. The molecule has 4 nitrogen and oxygen atoms in total. The van der Waals surface area contributed by atoms with E-state index in [2.05, 4.69) is 10.3 Å². The number of carbonyl (C=O) groups excluding carboxylic acids is 1. The summed E-state index contributed by atoms with van der Waals surface area (Å²) in [6.45, 7) is 2.47. The van der Waals surface area contributed by atoms with Gasteiger partial charge in [0.2, 0.25) is 0 Å². The molecule has 1 aromatic rings. The molecule has 22 heavy (non-hydrogen) atoms. The highest BCUT2D eigenvalue weighted by Gasteiger charge is 2.05. The minimum absolute atomic E-state index is 0.217. The number of benzene rings is 1. The Labute approximate surface area is 133 Å². The third-order valence-corrected chi connectivity index (χ3v) is 3.79. The summed E-state index contributed by atoms with van der Waals surface area (Å²) in [6.07, 6.45) is 8.10. The fraction of sp³-hybridized carbons (Fsp3) is 0.556. The Morgan fingerprint density at radius 1 is 1.05 bits per heavy atom. The minimum Gasteiger partial charge on any atom is -0.462 e. The van der Waals surface area contributed by atoms with E-state index in [1.165, 1.54) is 31.5 Å². The number of carbonyl (C=O) groups is 1. The molecule has 120 valence electrons. The molecule has 0 saturated heterocycles. The molecule has 0 aromatic heterocycles. The van der Waals surface area contributed by atoms with E-state index in [9.17, 15) is 4.79 Å². The molecule has 4 heteroatoms. The van der Waals surface area contributed by atoms with E-state index in [0.717, 1.165) is 32.4 Å². The van der Waals surface area contributed by atoms with Crippen LogP contribution in [0, 0.1) is 0 Å². The first kappa shape index (κ1) is 16.5. The lowest BCUT2D eigenvalue weighted by molar-refractivity contribution is 0.0497. The number of nitrogens with one attached hydrogen (secondary N) is 1. The molecule has 1 aromatic carbocycles. The molecule has 0 radical (unpaired) electrons. The van der Waals surface area contributed by atoms with Crippen LogP contribution in [0.25, 0.3) is 0 Å². The lowest BCUT2D eigenvalue weighted by Crippen LogP contribution is -2.17. The highest BCUT2D eigenvalue weighted by molar-refractivity contribution is 5.89. The van der Waals surface area contributed by atoms with Gasteiger partial charge in [0, 0.05) is 13.0 Å². The van der Waals surface area contributed by atoms with Crippen molar-refractivity contribution in [3.63, 3.8) is 0 Å². The first-order chi connectivity index (χ1) is 10.9. The molecular weight excluding hydrogens is 276 g/mol. The van der Waals surface area contributed by atoms with E-state index in [1.54, 1.807) is 12.1 Å². The van der Waals surface area contributed by atoms with Crippen LogP contribution in [0.4, 0.5) is 0 Å². The van der Waals surface area contributed by atoms with Crippen LogP contribution in [0.1, 0.15) is 55.3 Å². The molecule has 1 aliphatic heterocycles. The van der Waals surface area contributed by atoms with Crippen molar-refractivity contribution in [1.29, 1.82) is 0 Å². The fourth-order valence-corrected chi connectivity index (χ4v) is 2.54. The zero-order valence-electron chi connectivity index (χ0n) is 13.2. The lowest BCUT2D eigenvalue weighted by Gasteiger charge is -2.05. The minimum atomic E-state index is -0.217. The average Bonchev–Trinajstić information content (AvgIpc) is 3.07. The number of hydrogen-bond acceptors (Lipinski definition) is 4. The quantitative estimate of drug-likeness (QED) is 0.531. The van der Waals surface area contributed by atoms with E-state index in [0.29, 0.717) is 12.2 Å². The van der Waals surface area contributed by atoms with Crippen LogP contribution in [-0.2, 0) is 4.74 Å². The highest BCUT2D eigenvalue weighted by atomic mass is 16.5. The van der Waals surface area contributed by atoms with Gasteiger partial charge in [-0.05, 0) is 25.0 Å². The van der Waals surface area contributed by atoms with Gasteiger partial charge in [0.25, 0.3) is 0 Å². The molecule has 0 saturated carbocycles. The largest absolute Gasteiger partial charge is 0.462 e. The van der Waals surface area contributed by atoms with Crippen LogP contribution >= 0.6 is 0 Å². The summed E-state index contributed by atoms with van der Waals surface area (Å²) in [5, 5.41) is 3.30. The Balaban J connectivity index is 1.40. The number of amidine groups is 1. The third-order valence-electron chi connectivity index (χ3n) is 3.79. The first-order valence-corrected chi connectivity index (χ1v) is 8.35. The lowest BCUT2D eigenvalue weighted by atomic mass is 10.1. The first-order valence-electron chi connectivity index (χ1n) is 8.35. The van der Waals surface area contributed by atoms with Gasteiger partial charge in [-0.1, -0.05) is 43.9 Å². The highest BCUT2D eigenvalue weighted by Crippen LogP contribution is 2.09. The Bertz CT molecular complexity index is 471. The van der Waals surface area contributed by atoms with Crippen molar-refractivity contribution >= 4 is 11.8 Å². The van der Waals surface area contributed by atoms with Gasteiger partial charge in [0.1, 0.15) is 0 Å². The van der Waals surface area contributed by atoms with E-state index < -0.39 is 0 Å². The van der Waals surface area contributed by atoms with E-state index in [4.69, 9.17) is 4.74 Å². The zero-order chi connectivity index (χ0) is 15.5. The zero-order valence-corrected chi connectivity index (χ0v) is 13.2. The van der Waals surface area contributed by atoms with Gasteiger partial charge in [-0.25, -0.2) is 4.79 Å². The van der Waals surface area contributed by atoms with E-state index in [1.807, 2.05) is 18.2 Å². The SMILES string of the molecule is O=C(OCCCCCCCCC1=NCCN1)c1ccccc1. The molecule has 0 amide bonds. The molecule has 0 spiro atoms. The van der Waals surface area contributed by atoms with Crippen LogP contribution < -0.4 is 5.32 Å². The second kappa shape index (κ2) is 9.98. The monoisotopic (exact) mass is 302 g/mol. The maximum atomic E-state index is 11.7. The van der Waals surface area contributed by atoms with Gasteiger partial charge >= 0.3 is 5.97 Å². The van der Waals surface area contributed by atoms with Crippen molar-refractivity contribution in [2.24, 2.45) is 4.99 Å². The van der Waals surface area contributed by atoms with E-state index in [-0.39, 0.29) is 5.97 Å². The fourth-order valence-electron chi connectivity index (χ4n) is 2.54. The van der Waals surface area contributed by atoms with Crippen LogP contribution in [0.15, 0.2) is 35.3 Å². The number of hydrogen-bond donors (Lipinski definition) is 1. The topological polar surface area (TPSA) is 50.7 Å². The Kier molecular flexibility index (Phi) is 7.50. The molecular formula is C18H26N2O2. The van der Waals surface area contributed by atoms with Gasteiger partial charge in [-0.15, -0.1) is 0 Å². The molecule has 0 unspecified atom stereocenters. The van der Waals surface area contributed by atoms with Gasteiger partial charge in [0.05, 0.1) is 24.6 Å². The van der Waals surface area contributed by atoms with Crippen molar-refractivity contribution in [3.8, 4) is 0 Å². The molecule has 1 aliphatic rings. The molecule has 0 bridgehead atoms. The van der Waals surface area contributed by atoms with Crippen molar-refractivity contribution in [2.75, 3.05) is 19.7 Å². The van der Waals surface area contributed by atoms with Gasteiger partial charge in [0.15, 0.2) is 0 Å². The summed E-state index contributed by atoms with van der Waals surface area (Å²) in [5.41, 5.74) is 0.630. The standard InChI is InChI=1S/C18H26N2O2/c21-18(16-10-6-5-7-11-16)22-15-9-4-2-1-3-8-12-17-19-13-14-20-17/h5-7,10-11H,1-4,8-9,12-15H2,(H,19,20). The molecule has 2 rings (SSSR count). The number of aliphatic imine (C=N–C) groups is 1. The number of rotatable bonds is 10. The van der Waals surface area contributed by atoms with Crippen molar-refractivity contribution in [2.45, 2.75) is 44.9 Å². The number of unbranched alkanes of at least 4 members (excludes halogenated alkanes) is 5. The number of esters is 1. The van der Waals surface area contributed by atoms with E-state index >= 15 is 0 Å². The summed E-state index contributed by atoms with van der Waals surface area (Å²) in [6, 6.07) is 9.16. The maximum Gasteiger partial charge on any atom is 0.338 e. The second-order valence-electron chi connectivity index (χ2n) is 5.63. The molecule has 1 N–H and O–H groups in total. The Morgan fingerprint density at radius 2 is 1.77 bits per heavy atom. The number of nitrogens with zero attached hydrogens (tertiary/aromatic N) is 1. The number of ether oxygens (including phenoxy) is 1. The Morgan fingerprint density at radius 3 is 2.50 bits per heavy atom. The predicted molar refractivity (Wildman–Crippen MR) is 89.3 cm³/mol. The van der Waals surface area contributed by atoms with Gasteiger partial charge < -0.3 is 10.1 Å². The van der Waals surface area contributed by atoms with Gasteiger partial charge in [-0.2, -0.15) is 0 Å². The van der Waals surface area contributed by atoms with Crippen LogP contribution in [0.2, 0.25) is 0 Å². The maximum absolute atomic E-state index is 11.7. The van der Waals surface area contributed by atoms with Crippen molar-refractivity contribution < 1.29 is 9.53 Å². The third kappa shape index (κ3) is 6.29. The summed E-state index contributed by atoms with van der Waals surface area (Å²) in [7, 11) is 0. The summed E-state index contributed by atoms with van der Waals surface area (Å²) >= 11 is 0. The molecule has 1 heterocycles. The van der Waals surface area contributed by atoms with Crippen molar-refractivity contribution in [3.05, 3.63) is 35.9 Å². The predicted octanol–water partition coefficient (Wildman–Crippen LogP) is 3.58. The normalized spacial score (nSPS) is 13.5. The smallest absolute Gasteiger partial charge is 0.338 e. The summed E-state index contributed by atoms with van der Waals surface area (Å²) in [4.78, 5) is 16.1. The molecule has 0 atom stereocenters.